The summed E-state index contributed by atoms with van der Waals surface area (Å²) in [7, 11) is 1.62. The fourth-order valence-electron chi connectivity index (χ4n) is 1.92. The number of benzene rings is 1. The van der Waals surface area contributed by atoms with Crippen LogP contribution in [0.2, 0.25) is 0 Å². The Morgan fingerprint density at radius 2 is 1.95 bits per heavy atom. The molecule has 0 bridgehead atoms. The zero-order valence-corrected chi connectivity index (χ0v) is 12.9. The first kappa shape index (κ1) is 16.7. The second-order valence-electron chi connectivity index (χ2n) is 5.64. The summed E-state index contributed by atoms with van der Waals surface area (Å²) in [6.07, 6.45) is 0. The summed E-state index contributed by atoms with van der Waals surface area (Å²) in [5.74, 6) is 0.00547. The van der Waals surface area contributed by atoms with Gasteiger partial charge in [0.15, 0.2) is 0 Å². The molecule has 1 amide bonds. The number of hydrogen-bond acceptors (Lipinski definition) is 3. The Bertz CT molecular complexity index is 404. The molecule has 0 aliphatic carbocycles. The lowest BCUT2D eigenvalue weighted by Crippen LogP contribution is -2.46. The smallest absolute Gasteiger partial charge is 0.236 e. The average molecular weight is 278 g/mol. The molecule has 0 aliphatic rings. The van der Waals surface area contributed by atoms with Gasteiger partial charge in [0, 0.05) is 25.6 Å². The molecule has 0 fully saturated rings. The largest absolute Gasteiger partial charge is 0.383 e. The number of carbonyl (C=O) groups is 1. The van der Waals surface area contributed by atoms with Gasteiger partial charge < -0.3 is 15.4 Å². The molecule has 1 aromatic rings. The maximum absolute atomic E-state index is 11.8. The number of methoxy groups -OCH3 is 1. The van der Waals surface area contributed by atoms with Gasteiger partial charge in [-0.25, -0.2) is 0 Å². The van der Waals surface area contributed by atoms with E-state index in [4.69, 9.17) is 4.74 Å². The van der Waals surface area contributed by atoms with Crippen LogP contribution in [0.15, 0.2) is 30.3 Å². The molecule has 1 atom stereocenters. The van der Waals surface area contributed by atoms with Crippen molar-refractivity contribution in [1.29, 1.82) is 0 Å². The van der Waals surface area contributed by atoms with Crippen molar-refractivity contribution < 1.29 is 9.53 Å². The van der Waals surface area contributed by atoms with E-state index >= 15 is 0 Å². The topological polar surface area (TPSA) is 50.4 Å². The van der Waals surface area contributed by atoms with Crippen LogP contribution in [0.1, 0.15) is 26.3 Å². The fraction of sp³-hybridized carbons (Fsp3) is 0.562. The predicted octanol–water partition coefficient (Wildman–Crippen LogP) is 1.70. The zero-order chi connectivity index (χ0) is 15.0. The Labute approximate surface area is 121 Å². The first-order valence-corrected chi connectivity index (χ1v) is 7.03. The minimum Gasteiger partial charge on any atom is -0.383 e. The lowest BCUT2D eigenvalue weighted by atomic mass is 9.84. The highest BCUT2D eigenvalue weighted by molar-refractivity contribution is 5.81. The molecule has 0 saturated carbocycles. The second-order valence-corrected chi connectivity index (χ2v) is 5.64. The van der Waals surface area contributed by atoms with E-state index in [9.17, 15) is 4.79 Å². The van der Waals surface area contributed by atoms with Crippen molar-refractivity contribution in [3.05, 3.63) is 35.9 Å². The molecule has 4 nitrogen and oxygen atoms in total. The van der Waals surface area contributed by atoms with E-state index in [0.29, 0.717) is 13.2 Å². The molecular formula is C16H26N2O2. The highest BCUT2D eigenvalue weighted by Gasteiger charge is 2.22. The number of amides is 1. The van der Waals surface area contributed by atoms with Crippen molar-refractivity contribution >= 4 is 5.91 Å². The lowest BCUT2D eigenvalue weighted by molar-refractivity contribution is -0.123. The highest BCUT2D eigenvalue weighted by atomic mass is 16.5. The van der Waals surface area contributed by atoms with Gasteiger partial charge in [0.25, 0.3) is 0 Å². The second kappa shape index (κ2) is 8.02. The van der Waals surface area contributed by atoms with Crippen LogP contribution in [0.4, 0.5) is 0 Å². The van der Waals surface area contributed by atoms with Gasteiger partial charge in [-0.3, -0.25) is 4.79 Å². The van der Waals surface area contributed by atoms with Crippen LogP contribution in [-0.4, -0.2) is 38.8 Å². The quantitative estimate of drug-likeness (QED) is 0.712. The van der Waals surface area contributed by atoms with Gasteiger partial charge in [0.1, 0.15) is 0 Å². The Morgan fingerprint density at radius 1 is 1.30 bits per heavy atom. The van der Waals surface area contributed by atoms with Gasteiger partial charge in [-0.2, -0.15) is 0 Å². The molecule has 1 unspecified atom stereocenters. The average Bonchev–Trinajstić information content (AvgIpc) is 2.46. The third-order valence-corrected chi connectivity index (χ3v) is 3.40. The first-order valence-electron chi connectivity index (χ1n) is 7.03. The van der Waals surface area contributed by atoms with Gasteiger partial charge in [0.05, 0.1) is 12.6 Å². The van der Waals surface area contributed by atoms with E-state index < -0.39 is 0 Å². The maximum Gasteiger partial charge on any atom is 0.236 e. The molecule has 4 heteroatoms. The van der Waals surface area contributed by atoms with E-state index in [2.05, 4.69) is 36.6 Å². The first-order chi connectivity index (χ1) is 9.47. The van der Waals surface area contributed by atoms with E-state index in [-0.39, 0.29) is 17.4 Å². The van der Waals surface area contributed by atoms with Gasteiger partial charge in [-0.15, -0.1) is 0 Å². The van der Waals surface area contributed by atoms with Gasteiger partial charge in [-0.1, -0.05) is 44.2 Å². The van der Waals surface area contributed by atoms with Crippen molar-refractivity contribution in [2.75, 3.05) is 26.8 Å². The van der Waals surface area contributed by atoms with Crippen molar-refractivity contribution in [3.63, 3.8) is 0 Å². The SMILES string of the molecule is COCCNC(=O)C(C)NCC(C)(C)c1ccccc1. The third-order valence-electron chi connectivity index (χ3n) is 3.40. The Hall–Kier alpha value is -1.39. The predicted molar refractivity (Wildman–Crippen MR) is 81.8 cm³/mol. The number of nitrogens with one attached hydrogen (secondary N) is 2. The van der Waals surface area contributed by atoms with E-state index in [1.807, 2.05) is 25.1 Å². The molecule has 112 valence electrons. The maximum atomic E-state index is 11.8. The van der Waals surface area contributed by atoms with Crippen molar-refractivity contribution in [2.24, 2.45) is 0 Å². The monoisotopic (exact) mass is 278 g/mol. The van der Waals surface area contributed by atoms with Crippen LogP contribution >= 0.6 is 0 Å². The van der Waals surface area contributed by atoms with Crippen molar-refractivity contribution in [3.8, 4) is 0 Å². The molecular weight excluding hydrogens is 252 g/mol. The minimum atomic E-state index is -0.213. The van der Waals surface area contributed by atoms with E-state index in [1.54, 1.807) is 7.11 Å². The van der Waals surface area contributed by atoms with E-state index in [1.165, 1.54) is 5.56 Å². The summed E-state index contributed by atoms with van der Waals surface area (Å²) in [5.41, 5.74) is 1.25. The van der Waals surface area contributed by atoms with Crippen LogP contribution in [0.5, 0.6) is 0 Å². The molecule has 20 heavy (non-hydrogen) atoms. The molecule has 1 aromatic carbocycles. The summed E-state index contributed by atoms with van der Waals surface area (Å²) in [6, 6.07) is 10.1. The minimum absolute atomic E-state index is 0.00547. The van der Waals surface area contributed by atoms with Gasteiger partial charge >= 0.3 is 0 Å². The molecule has 0 aliphatic heterocycles. The summed E-state index contributed by atoms with van der Waals surface area (Å²) >= 11 is 0. The number of hydrogen-bond donors (Lipinski definition) is 2. The molecule has 0 radical (unpaired) electrons. The van der Waals surface area contributed by atoms with Crippen LogP contribution in [0.3, 0.4) is 0 Å². The highest BCUT2D eigenvalue weighted by Crippen LogP contribution is 2.21. The Balaban J connectivity index is 2.43. The molecule has 2 N–H and O–H groups in total. The zero-order valence-electron chi connectivity index (χ0n) is 12.9. The lowest BCUT2D eigenvalue weighted by Gasteiger charge is -2.27. The molecule has 1 rings (SSSR count). The van der Waals surface area contributed by atoms with E-state index in [0.717, 1.165) is 6.54 Å². The van der Waals surface area contributed by atoms with Crippen molar-refractivity contribution in [1.82, 2.24) is 10.6 Å². The van der Waals surface area contributed by atoms with Gasteiger partial charge in [-0.05, 0) is 12.5 Å². The molecule has 0 aromatic heterocycles. The fourth-order valence-corrected chi connectivity index (χ4v) is 1.92. The standard InChI is InChI=1S/C16H26N2O2/c1-13(15(19)17-10-11-20-4)18-12-16(2,3)14-8-6-5-7-9-14/h5-9,13,18H,10-12H2,1-4H3,(H,17,19). The molecule has 0 spiro atoms. The van der Waals surface area contributed by atoms with Crippen LogP contribution < -0.4 is 10.6 Å². The van der Waals surface area contributed by atoms with Gasteiger partial charge in [0.2, 0.25) is 5.91 Å². The van der Waals surface area contributed by atoms with Crippen LogP contribution in [0.25, 0.3) is 0 Å². The molecule has 0 heterocycles. The van der Waals surface area contributed by atoms with Crippen LogP contribution in [0, 0.1) is 0 Å². The summed E-state index contributed by atoms with van der Waals surface area (Å²) < 4.78 is 4.91. The summed E-state index contributed by atoms with van der Waals surface area (Å²) in [5, 5.41) is 6.13. The molecule has 0 saturated heterocycles. The van der Waals surface area contributed by atoms with Crippen LogP contribution in [-0.2, 0) is 14.9 Å². The Morgan fingerprint density at radius 3 is 2.55 bits per heavy atom. The normalized spacial score (nSPS) is 13.0. The number of ether oxygens (including phenoxy) is 1. The number of rotatable bonds is 8. The summed E-state index contributed by atoms with van der Waals surface area (Å²) in [4.78, 5) is 11.8. The third kappa shape index (κ3) is 5.31. The van der Waals surface area contributed by atoms with Crippen molar-refractivity contribution in [2.45, 2.75) is 32.2 Å². The Kier molecular flexibility index (Phi) is 6.68. The number of carbonyl (C=O) groups excluding carboxylic acids is 1. The summed E-state index contributed by atoms with van der Waals surface area (Å²) in [6.45, 7) is 8.05.